The van der Waals surface area contributed by atoms with Crippen molar-refractivity contribution in [1.82, 2.24) is 9.62 Å². The summed E-state index contributed by atoms with van der Waals surface area (Å²) in [6, 6.07) is 5.87. The fourth-order valence-electron chi connectivity index (χ4n) is 3.88. The maximum Gasteiger partial charge on any atom is 0.308 e. The summed E-state index contributed by atoms with van der Waals surface area (Å²) < 4.78 is 28.0. The third-order valence-corrected chi connectivity index (χ3v) is 7.08. The number of hydrogen-bond acceptors (Lipinski definition) is 4. The molecule has 1 aliphatic carbocycles. The first-order chi connectivity index (χ1) is 12.8. The SMILES string of the molecule is CC1CCC(C(=O)O)CN1C(=O)c1cccc(S(=O)(=O)NC2CCCC2)c1. The van der Waals surface area contributed by atoms with Crippen molar-refractivity contribution in [3.63, 3.8) is 0 Å². The van der Waals surface area contributed by atoms with Gasteiger partial charge in [-0.3, -0.25) is 9.59 Å². The topological polar surface area (TPSA) is 104 Å². The molecular weight excluding hydrogens is 368 g/mol. The molecule has 0 bridgehead atoms. The smallest absolute Gasteiger partial charge is 0.308 e. The Morgan fingerprint density at radius 3 is 2.52 bits per heavy atom. The van der Waals surface area contributed by atoms with Crippen molar-refractivity contribution in [2.75, 3.05) is 6.54 Å². The number of likely N-dealkylation sites (tertiary alicyclic amines) is 1. The second-order valence-corrected chi connectivity index (χ2v) is 9.26. The first-order valence-electron chi connectivity index (χ1n) is 9.44. The molecule has 1 saturated heterocycles. The summed E-state index contributed by atoms with van der Waals surface area (Å²) in [5.41, 5.74) is 0.266. The van der Waals surface area contributed by atoms with Crippen molar-refractivity contribution in [1.29, 1.82) is 0 Å². The van der Waals surface area contributed by atoms with Gasteiger partial charge in [0, 0.05) is 24.2 Å². The molecule has 1 heterocycles. The van der Waals surface area contributed by atoms with Gasteiger partial charge in [0.1, 0.15) is 0 Å². The van der Waals surface area contributed by atoms with Crippen LogP contribution in [0.5, 0.6) is 0 Å². The van der Waals surface area contributed by atoms with Crippen molar-refractivity contribution in [2.24, 2.45) is 5.92 Å². The number of carbonyl (C=O) groups is 2. The average Bonchev–Trinajstić information content (AvgIpc) is 3.13. The molecule has 3 rings (SSSR count). The molecule has 1 aromatic carbocycles. The van der Waals surface area contributed by atoms with Crippen LogP contribution in [0.25, 0.3) is 0 Å². The third kappa shape index (κ3) is 4.50. The lowest BCUT2D eigenvalue weighted by Gasteiger charge is -2.36. The molecule has 2 unspecified atom stereocenters. The minimum absolute atomic E-state index is 0.0483. The zero-order valence-corrected chi connectivity index (χ0v) is 16.2. The van der Waals surface area contributed by atoms with E-state index in [1.165, 1.54) is 12.1 Å². The minimum atomic E-state index is -3.68. The van der Waals surface area contributed by atoms with Crippen LogP contribution < -0.4 is 4.72 Å². The molecule has 2 N–H and O–H groups in total. The first kappa shape index (κ1) is 19.8. The quantitative estimate of drug-likeness (QED) is 0.797. The lowest BCUT2D eigenvalue weighted by atomic mass is 9.93. The lowest BCUT2D eigenvalue weighted by Crippen LogP contribution is -2.47. The molecule has 2 fully saturated rings. The standard InChI is InChI=1S/C19H26N2O5S/c1-13-9-10-15(19(23)24)12-21(13)18(22)14-5-4-8-17(11-14)27(25,26)20-16-6-2-3-7-16/h4-5,8,11,13,15-16,20H,2-3,6-7,9-10,12H2,1H3,(H,23,24). The van der Waals surface area contributed by atoms with Crippen LogP contribution in [0, 0.1) is 5.92 Å². The van der Waals surface area contributed by atoms with Crippen LogP contribution in [0.1, 0.15) is 55.8 Å². The summed E-state index contributed by atoms with van der Waals surface area (Å²) in [5.74, 6) is -1.82. The summed E-state index contributed by atoms with van der Waals surface area (Å²) in [4.78, 5) is 25.8. The summed E-state index contributed by atoms with van der Waals surface area (Å²) >= 11 is 0. The summed E-state index contributed by atoms with van der Waals surface area (Å²) in [5, 5.41) is 9.26. The number of carboxylic acid groups (broad SMARTS) is 1. The minimum Gasteiger partial charge on any atom is -0.481 e. The molecule has 0 radical (unpaired) electrons. The Kier molecular flexibility index (Phi) is 5.86. The predicted molar refractivity (Wildman–Crippen MR) is 99.9 cm³/mol. The summed E-state index contributed by atoms with van der Waals surface area (Å²) in [6.07, 6.45) is 4.86. The van der Waals surface area contributed by atoms with E-state index in [2.05, 4.69) is 4.72 Å². The number of carboxylic acids is 1. The number of nitrogens with one attached hydrogen (secondary N) is 1. The molecule has 0 aromatic heterocycles. The van der Waals surface area contributed by atoms with Crippen LogP contribution in [-0.4, -0.2) is 48.9 Å². The van der Waals surface area contributed by atoms with Gasteiger partial charge in [0.15, 0.2) is 0 Å². The Morgan fingerprint density at radius 1 is 1.15 bits per heavy atom. The predicted octanol–water partition coefficient (Wildman–Crippen LogP) is 2.23. The van der Waals surface area contributed by atoms with Crippen molar-refractivity contribution in [2.45, 2.75) is 62.4 Å². The van der Waals surface area contributed by atoms with Crippen LogP contribution in [-0.2, 0) is 14.8 Å². The molecule has 1 aromatic rings. The molecule has 1 saturated carbocycles. The maximum atomic E-state index is 12.9. The highest BCUT2D eigenvalue weighted by Crippen LogP contribution is 2.25. The van der Waals surface area contributed by atoms with E-state index < -0.39 is 21.9 Å². The van der Waals surface area contributed by atoms with Crippen molar-refractivity contribution in [3.8, 4) is 0 Å². The molecule has 1 aliphatic heterocycles. The van der Waals surface area contributed by atoms with Crippen LogP contribution in [0.3, 0.4) is 0 Å². The van der Waals surface area contributed by atoms with Crippen LogP contribution in [0.4, 0.5) is 0 Å². The van der Waals surface area contributed by atoms with Crippen molar-refractivity contribution < 1.29 is 23.1 Å². The largest absolute Gasteiger partial charge is 0.481 e. The zero-order valence-electron chi connectivity index (χ0n) is 15.4. The lowest BCUT2D eigenvalue weighted by molar-refractivity contribution is -0.143. The second kappa shape index (κ2) is 7.98. The number of rotatable bonds is 5. The number of sulfonamides is 1. The molecule has 0 spiro atoms. The Balaban J connectivity index is 1.79. The van der Waals surface area contributed by atoms with E-state index in [4.69, 9.17) is 0 Å². The normalized spacial score (nSPS) is 24.1. The highest BCUT2D eigenvalue weighted by Gasteiger charge is 2.33. The summed E-state index contributed by atoms with van der Waals surface area (Å²) in [6.45, 7) is 2.03. The number of piperidine rings is 1. The molecule has 148 valence electrons. The van der Waals surface area contributed by atoms with Crippen molar-refractivity contribution >= 4 is 21.9 Å². The van der Waals surface area contributed by atoms with Gasteiger partial charge in [-0.15, -0.1) is 0 Å². The van der Waals surface area contributed by atoms with Gasteiger partial charge in [0.25, 0.3) is 5.91 Å². The van der Waals surface area contributed by atoms with Gasteiger partial charge in [-0.05, 0) is 50.8 Å². The highest BCUT2D eigenvalue weighted by atomic mass is 32.2. The highest BCUT2D eigenvalue weighted by molar-refractivity contribution is 7.89. The number of amides is 1. The molecule has 2 aliphatic rings. The first-order valence-corrected chi connectivity index (χ1v) is 10.9. The zero-order chi connectivity index (χ0) is 19.6. The fourth-order valence-corrected chi connectivity index (χ4v) is 5.24. The van der Waals surface area contributed by atoms with Gasteiger partial charge in [-0.2, -0.15) is 0 Å². The average molecular weight is 394 g/mol. The van der Waals surface area contributed by atoms with Crippen LogP contribution in [0.15, 0.2) is 29.2 Å². The number of nitrogens with zero attached hydrogens (tertiary/aromatic N) is 1. The van der Waals surface area contributed by atoms with Gasteiger partial charge >= 0.3 is 5.97 Å². The Morgan fingerprint density at radius 2 is 1.85 bits per heavy atom. The number of carbonyl (C=O) groups excluding carboxylic acids is 1. The van der Waals surface area contributed by atoms with Gasteiger partial charge in [-0.1, -0.05) is 18.9 Å². The van der Waals surface area contributed by atoms with Gasteiger partial charge in [-0.25, -0.2) is 13.1 Å². The monoisotopic (exact) mass is 394 g/mol. The molecule has 27 heavy (non-hydrogen) atoms. The molecule has 1 amide bonds. The second-order valence-electron chi connectivity index (χ2n) is 7.55. The number of aliphatic carboxylic acids is 1. The molecule has 7 nitrogen and oxygen atoms in total. The van der Waals surface area contributed by atoms with Crippen LogP contribution >= 0.6 is 0 Å². The van der Waals surface area contributed by atoms with Gasteiger partial charge in [0.05, 0.1) is 10.8 Å². The van der Waals surface area contributed by atoms with E-state index in [0.29, 0.717) is 12.8 Å². The maximum absolute atomic E-state index is 12.9. The third-order valence-electron chi connectivity index (χ3n) is 5.56. The van der Waals surface area contributed by atoms with E-state index in [0.717, 1.165) is 25.7 Å². The Labute approximate surface area is 159 Å². The molecule has 8 heteroatoms. The van der Waals surface area contributed by atoms with Gasteiger partial charge < -0.3 is 10.0 Å². The summed E-state index contributed by atoms with van der Waals surface area (Å²) in [7, 11) is -3.68. The van der Waals surface area contributed by atoms with E-state index in [-0.39, 0.29) is 35.0 Å². The van der Waals surface area contributed by atoms with Crippen molar-refractivity contribution in [3.05, 3.63) is 29.8 Å². The Bertz CT molecular complexity index is 817. The van der Waals surface area contributed by atoms with E-state index in [1.54, 1.807) is 17.0 Å². The van der Waals surface area contributed by atoms with E-state index >= 15 is 0 Å². The Hall–Kier alpha value is -1.93. The number of benzene rings is 1. The van der Waals surface area contributed by atoms with E-state index in [9.17, 15) is 23.1 Å². The van der Waals surface area contributed by atoms with Crippen LogP contribution in [0.2, 0.25) is 0 Å². The molecule has 2 atom stereocenters. The fraction of sp³-hybridized carbons (Fsp3) is 0.579. The van der Waals surface area contributed by atoms with E-state index in [1.807, 2.05) is 6.92 Å². The number of hydrogen-bond donors (Lipinski definition) is 2. The molecular formula is C19H26N2O5S. The van der Waals surface area contributed by atoms with Gasteiger partial charge in [0.2, 0.25) is 10.0 Å².